The molecule has 2 rings (SSSR count). The fourth-order valence-corrected chi connectivity index (χ4v) is 3.38. The van der Waals surface area contributed by atoms with Crippen LogP contribution in [0.4, 0.5) is 0 Å². The van der Waals surface area contributed by atoms with Crippen LogP contribution in [-0.4, -0.2) is 20.8 Å². The highest BCUT2D eigenvalue weighted by molar-refractivity contribution is 4.97. The zero-order chi connectivity index (χ0) is 13.2. The minimum Gasteiger partial charge on any atom is -0.392 e. The standard InChI is InChI=1S/C15H26N2O/c1-4-17-10-9-16-14(17)11-13(18)12-7-5-6-8-15(12,2)3/h9-10,12-13,18H,4-8,11H2,1-3H3. The molecule has 18 heavy (non-hydrogen) atoms. The monoisotopic (exact) mass is 250 g/mol. The molecule has 102 valence electrons. The van der Waals surface area contributed by atoms with Crippen LogP contribution in [0.15, 0.2) is 12.4 Å². The van der Waals surface area contributed by atoms with Crippen molar-refractivity contribution in [2.45, 2.75) is 65.5 Å². The van der Waals surface area contributed by atoms with Gasteiger partial charge in [-0.15, -0.1) is 0 Å². The Morgan fingerprint density at radius 1 is 1.50 bits per heavy atom. The molecule has 1 fully saturated rings. The van der Waals surface area contributed by atoms with Gasteiger partial charge in [0.25, 0.3) is 0 Å². The van der Waals surface area contributed by atoms with Crippen LogP contribution >= 0.6 is 0 Å². The molecule has 0 bridgehead atoms. The molecule has 1 N–H and O–H groups in total. The van der Waals surface area contributed by atoms with E-state index in [1.165, 1.54) is 19.3 Å². The minimum atomic E-state index is -0.256. The molecule has 1 aromatic heterocycles. The van der Waals surface area contributed by atoms with E-state index in [4.69, 9.17) is 0 Å². The number of imidazole rings is 1. The Morgan fingerprint density at radius 3 is 2.94 bits per heavy atom. The molecule has 1 heterocycles. The van der Waals surface area contributed by atoms with Crippen LogP contribution in [-0.2, 0) is 13.0 Å². The summed E-state index contributed by atoms with van der Waals surface area (Å²) in [5.74, 6) is 1.43. The van der Waals surface area contributed by atoms with Gasteiger partial charge in [-0.25, -0.2) is 4.98 Å². The van der Waals surface area contributed by atoms with E-state index in [0.717, 1.165) is 18.8 Å². The average molecular weight is 250 g/mol. The molecule has 1 aliphatic rings. The van der Waals surface area contributed by atoms with Crippen molar-refractivity contribution in [3.8, 4) is 0 Å². The Labute approximate surface area is 110 Å². The topological polar surface area (TPSA) is 38.0 Å². The molecule has 1 aliphatic carbocycles. The molecule has 1 saturated carbocycles. The van der Waals surface area contributed by atoms with E-state index in [2.05, 4.69) is 30.3 Å². The second-order valence-electron chi connectivity index (χ2n) is 6.24. The van der Waals surface area contributed by atoms with Gasteiger partial charge in [0.1, 0.15) is 5.82 Å². The molecule has 0 spiro atoms. The van der Waals surface area contributed by atoms with Crippen LogP contribution in [0.5, 0.6) is 0 Å². The smallest absolute Gasteiger partial charge is 0.111 e. The van der Waals surface area contributed by atoms with Gasteiger partial charge in [-0.2, -0.15) is 0 Å². The van der Waals surface area contributed by atoms with Crippen LogP contribution in [0, 0.1) is 11.3 Å². The lowest BCUT2D eigenvalue weighted by Crippen LogP contribution is -2.38. The minimum absolute atomic E-state index is 0.256. The van der Waals surface area contributed by atoms with Gasteiger partial charge in [0.05, 0.1) is 6.10 Å². The first kappa shape index (κ1) is 13.6. The maximum absolute atomic E-state index is 10.5. The van der Waals surface area contributed by atoms with Crippen molar-refractivity contribution in [3.05, 3.63) is 18.2 Å². The van der Waals surface area contributed by atoms with Crippen molar-refractivity contribution >= 4 is 0 Å². The lowest BCUT2D eigenvalue weighted by atomic mass is 9.66. The third-order valence-electron chi connectivity index (χ3n) is 4.59. The predicted molar refractivity (Wildman–Crippen MR) is 73.4 cm³/mol. The highest BCUT2D eigenvalue weighted by Crippen LogP contribution is 2.42. The van der Waals surface area contributed by atoms with E-state index in [1.807, 2.05) is 12.4 Å². The number of hydrogen-bond donors (Lipinski definition) is 1. The van der Waals surface area contributed by atoms with Crippen molar-refractivity contribution < 1.29 is 5.11 Å². The highest BCUT2D eigenvalue weighted by Gasteiger charge is 2.37. The largest absolute Gasteiger partial charge is 0.392 e. The second kappa shape index (κ2) is 5.43. The molecule has 0 saturated heterocycles. The van der Waals surface area contributed by atoms with Gasteiger partial charge in [0.2, 0.25) is 0 Å². The molecule has 0 aromatic carbocycles. The summed E-state index contributed by atoms with van der Waals surface area (Å²) < 4.78 is 2.12. The Bertz CT molecular complexity index is 384. The molecular weight excluding hydrogens is 224 g/mol. The van der Waals surface area contributed by atoms with E-state index in [-0.39, 0.29) is 11.5 Å². The summed E-state index contributed by atoms with van der Waals surface area (Å²) in [5, 5.41) is 10.5. The molecule has 0 radical (unpaired) electrons. The van der Waals surface area contributed by atoms with E-state index < -0.39 is 0 Å². The van der Waals surface area contributed by atoms with Crippen LogP contribution in [0.25, 0.3) is 0 Å². The quantitative estimate of drug-likeness (QED) is 0.892. The zero-order valence-electron chi connectivity index (χ0n) is 11.9. The number of hydrogen-bond acceptors (Lipinski definition) is 2. The number of aromatic nitrogens is 2. The van der Waals surface area contributed by atoms with Crippen LogP contribution < -0.4 is 0 Å². The van der Waals surface area contributed by atoms with Gasteiger partial charge in [-0.1, -0.05) is 26.7 Å². The third kappa shape index (κ3) is 2.77. The number of aryl methyl sites for hydroxylation is 1. The van der Waals surface area contributed by atoms with Gasteiger partial charge in [-0.05, 0) is 31.1 Å². The van der Waals surface area contributed by atoms with E-state index >= 15 is 0 Å². The lowest BCUT2D eigenvalue weighted by Gasteiger charge is -2.41. The molecule has 0 aliphatic heterocycles. The summed E-state index contributed by atoms with van der Waals surface area (Å²) in [6.45, 7) is 7.64. The summed E-state index contributed by atoms with van der Waals surface area (Å²) in [5.41, 5.74) is 0.265. The normalized spacial score (nSPS) is 25.0. The first-order valence-corrected chi connectivity index (χ1v) is 7.22. The third-order valence-corrected chi connectivity index (χ3v) is 4.59. The molecule has 3 heteroatoms. The van der Waals surface area contributed by atoms with Gasteiger partial charge < -0.3 is 9.67 Å². The zero-order valence-corrected chi connectivity index (χ0v) is 11.9. The highest BCUT2D eigenvalue weighted by atomic mass is 16.3. The Balaban J connectivity index is 2.05. The van der Waals surface area contributed by atoms with Gasteiger partial charge in [0, 0.05) is 25.4 Å². The van der Waals surface area contributed by atoms with Crippen molar-refractivity contribution in [3.63, 3.8) is 0 Å². The van der Waals surface area contributed by atoms with Crippen molar-refractivity contribution in [1.82, 2.24) is 9.55 Å². The summed E-state index contributed by atoms with van der Waals surface area (Å²) in [6.07, 6.45) is 9.21. The number of nitrogens with zero attached hydrogens (tertiary/aromatic N) is 2. The fourth-order valence-electron chi connectivity index (χ4n) is 3.38. The van der Waals surface area contributed by atoms with E-state index in [1.54, 1.807) is 0 Å². The number of aliphatic hydroxyl groups is 1. The summed E-state index contributed by atoms with van der Waals surface area (Å²) in [4.78, 5) is 4.37. The molecule has 0 amide bonds. The second-order valence-corrected chi connectivity index (χ2v) is 6.24. The Morgan fingerprint density at radius 2 is 2.28 bits per heavy atom. The van der Waals surface area contributed by atoms with Crippen LogP contribution in [0.2, 0.25) is 0 Å². The van der Waals surface area contributed by atoms with Gasteiger partial charge >= 0.3 is 0 Å². The summed E-state index contributed by atoms with van der Waals surface area (Å²) in [7, 11) is 0. The number of aliphatic hydroxyl groups excluding tert-OH is 1. The molecular formula is C15H26N2O. The summed E-state index contributed by atoms with van der Waals surface area (Å²) in [6, 6.07) is 0. The van der Waals surface area contributed by atoms with Gasteiger partial charge in [0.15, 0.2) is 0 Å². The molecule has 2 atom stereocenters. The molecule has 1 aromatic rings. The maximum atomic E-state index is 10.5. The van der Waals surface area contributed by atoms with Crippen molar-refractivity contribution in [1.29, 1.82) is 0 Å². The Kier molecular flexibility index (Phi) is 4.10. The predicted octanol–water partition coefficient (Wildman–Crippen LogP) is 3.02. The first-order chi connectivity index (χ1) is 8.54. The molecule has 3 nitrogen and oxygen atoms in total. The summed E-state index contributed by atoms with van der Waals surface area (Å²) >= 11 is 0. The SMILES string of the molecule is CCn1ccnc1CC(O)C1CCCCC1(C)C. The first-order valence-electron chi connectivity index (χ1n) is 7.22. The van der Waals surface area contributed by atoms with Crippen LogP contribution in [0.1, 0.15) is 52.3 Å². The van der Waals surface area contributed by atoms with E-state index in [9.17, 15) is 5.11 Å². The average Bonchev–Trinajstić information content (AvgIpc) is 2.75. The lowest BCUT2D eigenvalue weighted by molar-refractivity contribution is 0.00439. The van der Waals surface area contributed by atoms with Gasteiger partial charge in [-0.3, -0.25) is 0 Å². The van der Waals surface area contributed by atoms with Crippen molar-refractivity contribution in [2.24, 2.45) is 11.3 Å². The van der Waals surface area contributed by atoms with Crippen molar-refractivity contribution in [2.75, 3.05) is 0 Å². The van der Waals surface area contributed by atoms with E-state index in [0.29, 0.717) is 12.3 Å². The Hall–Kier alpha value is -0.830. The fraction of sp³-hybridized carbons (Fsp3) is 0.800. The van der Waals surface area contributed by atoms with Crippen LogP contribution in [0.3, 0.4) is 0 Å². The maximum Gasteiger partial charge on any atom is 0.111 e. The number of rotatable bonds is 4. The molecule has 2 unspecified atom stereocenters.